The van der Waals surface area contributed by atoms with Gasteiger partial charge in [0.15, 0.2) is 11.5 Å². The molecule has 0 atom stereocenters. The summed E-state index contributed by atoms with van der Waals surface area (Å²) in [6.07, 6.45) is 1.66. The summed E-state index contributed by atoms with van der Waals surface area (Å²) in [6, 6.07) is 1.92. The first-order valence-electron chi connectivity index (χ1n) is 5.50. The number of hydrogen-bond acceptors (Lipinski definition) is 4. The summed E-state index contributed by atoms with van der Waals surface area (Å²) in [5.41, 5.74) is 2.74. The Morgan fingerprint density at radius 1 is 1.06 bits per heavy atom. The van der Waals surface area contributed by atoms with Crippen molar-refractivity contribution in [2.45, 2.75) is 39.5 Å². The predicted molar refractivity (Wildman–Crippen MR) is 60.2 cm³/mol. The van der Waals surface area contributed by atoms with E-state index in [-0.39, 0.29) is 0 Å². The van der Waals surface area contributed by atoms with E-state index in [0.717, 1.165) is 17.0 Å². The average Bonchev–Trinajstić information content (AvgIpc) is 2.86. The van der Waals surface area contributed by atoms with E-state index in [1.807, 2.05) is 6.07 Å². The van der Waals surface area contributed by atoms with Gasteiger partial charge in [0.2, 0.25) is 0 Å². The summed E-state index contributed by atoms with van der Waals surface area (Å²) in [5, 5.41) is 7.99. The fraction of sp³-hybridized carbons (Fsp3) is 0.500. The number of nitrogens with zero attached hydrogens (tertiary/aromatic N) is 2. The van der Waals surface area contributed by atoms with Crippen molar-refractivity contribution >= 4 is 0 Å². The molecule has 0 aliphatic carbocycles. The van der Waals surface area contributed by atoms with Gasteiger partial charge in [0.05, 0.1) is 5.69 Å². The molecule has 0 N–H and O–H groups in total. The molecular formula is C12H16N2O2. The van der Waals surface area contributed by atoms with Gasteiger partial charge in [-0.2, -0.15) is 0 Å². The summed E-state index contributed by atoms with van der Waals surface area (Å²) in [6.45, 7) is 8.34. The molecule has 2 heterocycles. The van der Waals surface area contributed by atoms with Crippen LogP contribution in [0.4, 0.5) is 0 Å². The Morgan fingerprint density at radius 2 is 1.81 bits per heavy atom. The molecule has 0 amide bonds. The highest BCUT2D eigenvalue weighted by Gasteiger charge is 2.18. The van der Waals surface area contributed by atoms with Gasteiger partial charge in [0.1, 0.15) is 6.26 Å². The first-order valence-corrected chi connectivity index (χ1v) is 5.50. The van der Waals surface area contributed by atoms with E-state index in [0.29, 0.717) is 17.6 Å². The quantitative estimate of drug-likeness (QED) is 0.793. The minimum absolute atomic E-state index is 0.354. The Labute approximate surface area is 94.6 Å². The zero-order valence-electron chi connectivity index (χ0n) is 10.0. The van der Waals surface area contributed by atoms with Gasteiger partial charge in [-0.1, -0.05) is 38.0 Å². The standard InChI is InChI=1S/C12H16N2O2/c1-7(2)9-6-15-14-12(9)11-5-10(8(3)4)13-16-11/h5-8H,1-4H3. The molecule has 86 valence electrons. The van der Waals surface area contributed by atoms with Crippen LogP contribution >= 0.6 is 0 Å². The molecule has 0 bridgehead atoms. The van der Waals surface area contributed by atoms with Crippen molar-refractivity contribution in [2.24, 2.45) is 0 Å². The zero-order valence-corrected chi connectivity index (χ0v) is 10.0. The molecule has 0 radical (unpaired) electrons. The zero-order chi connectivity index (χ0) is 11.7. The van der Waals surface area contributed by atoms with Gasteiger partial charge < -0.3 is 9.05 Å². The van der Waals surface area contributed by atoms with Crippen molar-refractivity contribution in [3.8, 4) is 11.5 Å². The van der Waals surface area contributed by atoms with Crippen molar-refractivity contribution < 1.29 is 9.05 Å². The summed E-state index contributed by atoms with van der Waals surface area (Å²) >= 11 is 0. The van der Waals surface area contributed by atoms with Gasteiger partial charge in [0, 0.05) is 11.6 Å². The van der Waals surface area contributed by atoms with Crippen LogP contribution in [0.5, 0.6) is 0 Å². The fourth-order valence-electron chi connectivity index (χ4n) is 1.51. The molecule has 0 aliphatic heterocycles. The van der Waals surface area contributed by atoms with Crippen molar-refractivity contribution in [1.29, 1.82) is 0 Å². The predicted octanol–water partition coefficient (Wildman–Crippen LogP) is 3.58. The van der Waals surface area contributed by atoms with Crippen LogP contribution in [-0.2, 0) is 0 Å². The van der Waals surface area contributed by atoms with Gasteiger partial charge >= 0.3 is 0 Å². The number of hydrogen-bond donors (Lipinski definition) is 0. The molecule has 2 aromatic rings. The van der Waals surface area contributed by atoms with Gasteiger partial charge in [0.25, 0.3) is 0 Å². The van der Waals surface area contributed by atoms with Gasteiger partial charge in [-0.05, 0) is 11.8 Å². The fourth-order valence-corrected chi connectivity index (χ4v) is 1.51. The summed E-state index contributed by atoms with van der Waals surface area (Å²) in [4.78, 5) is 0. The first kappa shape index (κ1) is 10.9. The highest BCUT2D eigenvalue weighted by atomic mass is 16.5. The monoisotopic (exact) mass is 220 g/mol. The van der Waals surface area contributed by atoms with Crippen molar-refractivity contribution in [2.75, 3.05) is 0 Å². The molecule has 4 heteroatoms. The molecule has 0 aliphatic rings. The SMILES string of the molecule is CC(C)c1cc(-c2nocc2C(C)C)on1. The molecular weight excluding hydrogens is 204 g/mol. The van der Waals surface area contributed by atoms with Crippen molar-refractivity contribution in [3.63, 3.8) is 0 Å². The minimum Gasteiger partial charge on any atom is -0.364 e. The highest BCUT2D eigenvalue weighted by Crippen LogP contribution is 2.29. The van der Waals surface area contributed by atoms with E-state index < -0.39 is 0 Å². The molecule has 0 fully saturated rings. The van der Waals surface area contributed by atoms with E-state index in [4.69, 9.17) is 9.05 Å². The molecule has 0 saturated carbocycles. The highest BCUT2D eigenvalue weighted by molar-refractivity contribution is 5.56. The lowest BCUT2D eigenvalue weighted by Gasteiger charge is -1.99. The maximum absolute atomic E-state index is 5.29. The topological polar surface area (TPSA) is 52.1 Å². The van der Waals surface area contributed by atoms with Crippen LogP contribution in [0.2, 0.25) is 0 Å². The molecule has 0 spiro atoms. The van der Waals surface area contributed by atoms with Crippen LogP contribution in [0.3, 0.4) is 0 Å². The molecule has 4 nitrogen and oxygen atoms in total. The average molecular weight is 220 g/mol. The van der Waals surface area contributed by atoms with Crippen LogP contribution in [0.1, 0.15) is 50.8 Å². The maximum Gasteiger partial charge on any atom is 0.189 e. The normalized spacial score (nSPS) is 11.6. The lowest BCUT2D eigenvalue weighted by molar-refractivity contribution is 0.401. The van der Waals surface area contributed by atoms with Crippen molar-refractivity contribution in [3.05, 3.63) is 23.6 Å². The Balaban J connectivity index is 2.39. The van der Waals surface area contributed by atoms with E-state index in [9.17, 15) is 0 Å². The van der Waals surface area contributed by atoms with Gasteiger partial charge in [-0.3, -0.25) is 0 Å². The van der Waals surface area contributed by atoms with E-state index in [1.165, 1.54) is 0 Å². The lowest BCUT2D eigenvalue weighted by atomic mass is 10.0. The van der Waals surface area contributed by atoms with Gasteiger partial charge in [-0.25, -0.2) is 0 Å². The van der Waals surface area contributed by atoms with Crippen LogP contribution in [0.25, 0.3) is 11.5 Å². The molecule has 0 unspecified atom stereocenters. The lowest BCUT2D eigenvalue weighted by Crippen LogP contribution is -1.88. The second-order valence-electron chi connectivity index (χ2n) is 4.54. The van der Waals surface area contributed by atoms with Gasteiger partial charge in [-0.15, -0.1) is 0 Å². The molecule has 16 heavy (non-hydrogen) atoms. The summed E-state index contributed by atoms with van der Waals surface area (Å²) in [7, 11) is 0. The smallest absolute Gasteiger partial charge is 0.189 e. The van der Waals surface area contributed by atoms with E-state index in [1.54, 1.807) is 6.26 Å². The third-order valence-corrected chi connectivity index (χ3v) is 2.57. The van der Waals surface area contributed by atoms with E-state index in [2.05, 4.69) is 38.0 Å². The summed E-state index contributed by atoms with van der Waals surface area (Å²) in [5.74, 6) is 1.39. The summed E-state index contributed by atoms with van der Waals surface area (Å²) < 4.78 is 10.3. The molecule has 0 aromatic carbocycles. The van der Waals surface area contributed by atoms with Crippen LogP contribution in [-0.4, -0.2) is 10.3 Å². The van der Waals surface area contributed by atoms with Crippen LogP contribution in [0, 0.1) is 0 Å². The van der Waals surface area contributed by atoms with E-state index >= 15 is 0 Å². The Morgan fingerprint density at radius 3 is 2.38 bits per heavy atom. The second-order valence-corrected chi connectivity index (χ2v) is 4.54. The molecule has 0 saturated heterocycles. The molecule has 2 aromatic heterocycles. The molecule has 2 rings (SSSR count). The maximum atomic E-state index is 5.29. The minimum atomic E-state index is 0.354. The third kappa shape index (κ3) is 1.87. The number of aromatic nitrogens is 2. The Kier molecular flexibility index (Phi) is 2.81. The third-order valence-electron chi connectivity index (χ3n) is 2.57. The van der Waals surface area contributed by atoms with Crippen molar-refractivity contribution in [1.82, 2.24) is 10.3 Å². The Hall–Kier alpha value is -1.58. The second kappa shape index (κ2) is 4.12. The Bertz CT molecular complexity index is 469. The first-order chi connectivity index (χ1) is 7.59. The van der Waals surface area contributed by atoms with Crippen LogP contribution < -0.4 is 0 Å². The largest absolute Gasteiger partial charge is 0.364 e. The number of rotatable bonds is 3. The van der Waals surface area contributed by atoms with Crippen LogP contribution in [0.15, 0.2) is 21.4 Å².